The van der Waals surface area contributed by atoms with E-state index in [2.05, 4.69) is 4.72 Å². The summed E-state index contributed by atoms with van der Waals surface area (Å²) in [6.45, 7) is 1.65. The quantitative estimate of drug-likeness (QED) is 0.753. The van der Waals surface area contributed by atoms with Gasteiger partial charge in [-0.05, 0) is 36.6 Å². The number of hydrogen-bond acceptors (Lipinski definition) is 4. The Hall–Kier alpha value is -2.38. The highest BCUT2D eigenvalue weighted by Crippen LogP contribution is 2.18. The maximum atomic E-state index is 12.5. The molecule has 6 nitrogen and oxygen atoms in total. The molecule has 0 aromatic heterocycles. The first-order valence-electron chi connectivity index (χ1n) is 8.98. The van der Waals surface area contributed by atoms with Crippen molar-refractivity contribution < 1.29 is 17.9 Å². The minimum absolute atomic E-state index is 0.158. The van der Waals surface area contributed by atoms with Gasteiger partial charge in [0.1, 0.15) is 5.75 Å². The summed E-state index contributed by atoms with van der Waals surface area (Å²) in [7, 11) is -2.05. The predicted octanol–water partition coefficient (Wildman–Crippen LogP) is 2.34. The number of amides is 1. The molecule has 1 N–H and O–H groups in total. The molecule has 1 saturated heterocycles. The molecule has 2 aromatic carbocycles. The highest BCUT2D eigenvalue weighted by molar-refractivity contribution is 7.89. The van der Waals surface area contributed by atoms with Gasteiger partial charge in [-0.25, -0.2) is 13.1 Å². The summed E-state index contributed by atoms with van der Waals surface area (Å²) in [4.78, 5) is 13.7. The van der Waals surface area contributed by atoms with Crippen LogP contribution >= 0.6 is 0 Å². The van der Waals surface area contributed by atoms with Crippen LogP contribution in [-0.2, 0) is 27.8 Å². The van der Waals surface area contributed by atoms with Gasteiger partial charge in [-0.15, -0.1) is 0 Å². The Morgan fingerprint density at radius 2 is 1.85 bits per heavy atom. The third-order valence-electron chi connectivity index (χ3n) is 4.72. The Morgan fingerprint density at radius 3 is 2.52 bits per heavy atom. The minimum Gasteiger partial charge on any atom is -0.496 e. The summed E-state index contributed by atoms with van der Waals surface area (Å²) < 4.78 is 32.9. The fourth-order valence-corrected chi connectivity index (χ4v) is 4.15. The lowest BCUT2D eigenvalue weighted by Crippen LogP contribution is -2.27. The maximum Gasteiger partial charge on any atom is 0.240 e. The predicted molar refractivity (Wildman–Crippen MR) is 103 cm³/mol. The maximum absolute atomic E-state index is 12.5. The first kappa shape index (κ1) is 19.4. The number of sulfonamides is 1. The van der Waals surface area contributed by atoms with Gasteiger partial charge in [0.15, 0.2) is 0 Å². The van der Waals surface area contributed by atoms with Crippen molar-refractivity contribution in [1.29, 1.82) is 0 Å². The number of hydrogen-bond donors (Lipinski definition) is 1. The van der Waals surface area contributed by atoms with Gasteiger partial charge in [-0.3, -0.25) is 4.79 Å². The van der Waals surface area contributed by atoms with Crippen LogP contribution in [0.5, 0.6) is 5.75 Å². The van der Waals surface area contributed by atoms with Gasteiger partial charge in [-0.2, -0.15) is 0 Å². The van der Waals surface area contributed by atoms with Crippen molar-refractivity contribution in [3.05, 3.63) is 59.7 Å². The number of likely N-dealkylation sites (tertiary alicyclic amines) is 1. The Kier molecular flexibility index (Phi) is 6.13. The molecule has 1 amide bonds. The number of ether oxygens (including phenoxy) is 1. The van der Waals surface area contributed by atoms with Crippen LogP contribution in [0.25, 0.3) is 0 Å². The number of para-hydroxylation sites is 1. The molecule has 0 spiro atoms. The number of rotatable bonds is 8. The lowest BCUT2D eigenvalue weighted by atomic mass is 10.1. The van der Waals surface area contributed by atoms with E-state index >= 15 is 0 Å². The van der Waals surface area contributed by atoms with Crippen LogP contribution in [0.1, 0.15) is 24.0 Å². The number of nitrogens with zero attached hydrogens (tertiary/aromatic N) is 1. The largest absolute Gasteiger partial charge is 0.496 e. The molecule has 144 valence electrons. The van der Waals surface area contributed by atoms with Crippen LogP contribution in [-0.4, -0.2) is 39.4 Å². The summed E-state index contributed by atoms with van der Waals surface area (Å²) in [5, 5.41) is 0. The second-order valence-electron chi connectivity index (χ2n) is 6.51. The van der Waals surface area contributed by atoms with Crippen molar-refractivity contribution >= 4 is 15.9 Å². The summed E-state index contributed by atoms with van der Waals surface area (Å²) in [5.74, 6) is 0.849. The van der Waals surface area contributed by atoms with E-state index in [9.17, 15) is 13.2 Å². The monoisotopic (exact) mass is 388 g/mol. The molecule has 7 heteroatoms. The zero-order valence-electron chi connectivity index (χ0n) is 15.3. The molecule has 0 atom stereocenters. The molecule has 1 aliphatic rings. The molecule has 3 rings (SSSR count). The molecular formula is C20H24N2O4S. The molecule has 0 radical (unpaired) electrons. The molecule has 1 aliphatic heterocycles. The molecule has 0 unspecified atom stereocenters. The van der Waals surface area contributed by atoms with E-state index in [1.165, 1.54) is 0 Å². The van der Waals surface area contributed by atoms with Gasteiger partial charge in [0.25, 0.3) is 0 Å². The Bertz CT molecular complexity index is 894. The van der Waals surface area contributed by atoms with Gasteiger partial charge in [0.2, 0.25) is 15.9 Å². The Morgan fingerprint density at radius 1 is 1.11 bits per heavy atom. The van der Waals surface area contributed by atoms with Crippen LogP contribution in [0.3, 0.4) is 0 Å². The van der Waals surface area contributed by atoms with Gasteiger partial charge in [0.05, 0.1) is 12.0 Å². The first-order valence-corrected chi connectivity index (χ1v) is 10.5. The topological polar surface area (TPSA) is 75.7 Å². The lowest BCUT2D eigenvalue weighted by Gasteiger charge is -2.15. The standard InChI is InChI=1S/C20H24N2O4S/c1-26-19-6-3-2-5-17(19)15-21-27(24,25)18-10-8-16(9-11-18)12-14-22-13-4-7-20(22)23/h2-3,5-6,8-11,21H,4,7,12-15H2,1H3. The summed E-state index contributed by atoms with van der Waals surface area (Å²) in [6.07, 6.45) is 2.28. The normalized spacial score (nSPS) is 14.6. The average molecular weight is 388 g/mol. The third-order valence-corrected chi connectivity index (χ3v) is 6.14. The molecule has 27 heavy (non-hydrogen) atoms. The first-order chi connectivity index (χ1) is 13.0. The van der Waals surface area contributed by atoms with E-state index in [-0.39, 0.29) is 17.3 Å². The van der Waals surface area contributed by atoms with Gasteiger partial charge in [-0.1, -0.05) is 30.3 Å². The van der Waals surface area contributed by atoms with E-state index in [1.807, 2.05) is 23.1 Å². The zero-order valence-corrected chi connectivity index (χ0v) is 16.2. The molecule has 1 fully saturated rings. The molecule has 0 saturated carbocycles. The summed E-state index contributed by atoms with van der Waals surface area (Å²) in [5.41, 5.74) is 1.79. The van der Waals surface area contributed by atoms with Gasteiger partial charge in [0, 0.05) is 31.6 Å². The second-order valence-corrected chi connectivity index (χ2v) is 8.28. The molecule has 2 aromatic rings. The van der Waals surface area contributed by atoms with Crippen molar-refractivity contribution in [3.63, 3.8) is 0 Å². The fourth-order valence-electron chi connectivity index (χ4n) is 3.14. The van der Waals surface area contributed by atoms with Crippen molar-refractivity contribution in [1.82, 2.24) is 9.62 Å². The Balaban J connectivity index is 1.60. The van der Waals surface area contributed by atoms with Crippen molar-refractivity contribution in [3.8, 4) is 5.75 Å². The highest BCUT2D eigenvalue weighted by Gasteiger charge is 2.19. The number of carbonyl (C=O) groups is 1. The average Bonchev–Trinajstić information content (AvgIpc) is 3.10. The minimum atomic E-state index is -3.61. The Labute approximate surface area is 160 Å². The number of carbonyl (C=O) groups excluding carboxylic acids is 1. The van der Waals surface area contributed by atoms with E-state index in [0.717, 1.165) is 30.5 Å². The number of nitrogens with one attached hydrogen (secondary N) is 1. The van der Waals surface area contributed by atoms with E-state index in [1.54, 1.807) is 37.4 Å². The SMILES string of the molecule is COc1ccccc1CNS(=O)(=O)c1ccc(CCN2CCCC2=O)cc1. The number of benzene rings is 2. The van der Waals surface area contributed by atoms with Crippen LogP contribution in [0.15, 0.2) is 53.4 Å². The van der Waals surface area contributed by atoms with Crippen LogP contribution in [0, 0.1) is 0 Å². The van der Waals surface area contributed by atoms with Gasteiger partial charge < -0.3 is 9.64 Å². The molecule has 0 aliphatic carbocycles. The van der Waals surface area contributed by atoms with E-state index in [0.29, 0.717) is 18.7 Å². The molecular weight excluding hydrogens is 364 g/mol. The van der Waals surface area contributed by atoms with E-state index < -0.39 is 10.0 Å². The van der Waals surface area contributed by atoms with Crippen LogP contribution in [0.2, 0.25) is 0 Å². The van der Waals surface area contributed by atoms with Crippen LogP contribution < -0.4 is 9.46 Å². The molecule has 1 heterocycles. The fraction of sp³-hybridized carbons (Fsp3) is 0.350. The third kappa shape index (κ3) is 4.87. The molecule has 0 bridgehead atoms. The summed E-state index contributed by atoms with van der Waals surface area (Å²) in [6, 6.07) is 14.1. The van der Waals surface area contributed by atoms with Crippen LogP contribution in [0.4, 0.5) is 0 Å². The zero-order chi connectivity index (χ0) is 19.3. The highest BCUT2D eigenvalue weighted by atomic mass is 32.2. The smallest absolute Gasteiger partial charge is 0.240 e. The lowest BCUT2D eigenvalue weighted by molar-refractivity contribution is -0.127. The number of methoxy groups -OCH3 is 1. The van der Waals surface area contributed by atoms with Crippen molar-refractivity contribution in [2.45, 2.75) is 30.7 Å². The van der Waals surface area contributed by atoms with E-state index in [4.69, 9.17) is 4.74 Å². The second kappa shape index (κ2) is 8.54. The van der Waals surface area contributed by atoms with Crippen molar-refractivity contribution in [2.24, 2.45) is 0 Å². The van der Waals surface area contributed by atoms with Crippen molar-refractivity contribution in [2.75, 3.05) is 20.2 Å². The summed E-state index contributed by atoms with van der Waals surface area (Å²) >= 11 is 0. The van der Waals surface area contributed by atoms with Gasteiger partial charge >= 0.3 is 0 Å².